The Hall–Kier alpha value is -1.86. The number of hydrogen-bond acceptors (Lipinski definition) is 2. The van der Waals surface area contributed by atoms with Crippen LogP contribution in [0.3, 0.4) is 0 Å². The Kier molecular flexibility index (Phi) is 15.1. The van der Waals surface area contributed by atoms with Crippen molar-refractivity contribution in [2.45, 2.75) is 33.1 Å². The molecular formula is C32H35Cl3CrN2OP+. The van der Waals surface area contributed by atoms with Crippen LogP contribution in [0.1, 0.15) is 36.5 Å². The molecule has 8 heteroatoms. The van der Waals surface area contributed by atoms with E-state index < -0.39 is 19.5 Å². The van der Waals surface area contributed by atoms with E-state index in [9.17, 15) is 0 Å². The SMILES string of the molecule is CCc1ccccc1N=C(N[PH+](c1ccccc1)c1ccccc1)c1ccc(C)cc1.[CH-]1CCCO1.[Cl][Cr+]([Cl])[Cl]. The minimum absolute atomic E-state index is 0.919. The third-order valence-corrected chi connectivity index (χ3v) is 8.31. The normalized spacial score (nSPS) is 12.8. The standard InChI is InChI=1S/C28H27N2P.C4H7O.3ClH.Cr/c1-3-23-12-10-11-17-27(23)29-28(24-20-18-22(2)19-21-24)30-31(25-13-6-4-7-14-25)26-15-8-5-9-16-26;1-2-4-5-3-1;;;;/h4-21H,3H2,1-2H3,(H,29,30);3H,1-2,4H2;3*1H;/q;-1;;;;+4/p-2. The van der Waals surface area contributed by atoms with Gasteiger partial charge in [0.1, 0.15) is 10.6 Å². The second-order valence-corrected chi connectivity index (χ2v) is 17.4. The molecule has 0 radical (unpaired) electrons. The van der Waals surface area contributed by atoms with Gasteiger partial charge in [-0.3, -0.25) is 0 Å². The van der Waals surface area contributed by atoms with Crippen molar-refractivity contribution < 1.29 is 16.1 Å². The van der Waals surface area contributed by atoms with Crippen LogP contribution in [0.15, 0.2) is 114 Å². The fraction of sp³-hybridized carbons (Fsp3) is 0.188. The number of amidine groups is 1. The zero-order valence-electron chi connectivity index (χ0n) is 22.7. The van der Waals surface area contributed by atoms with E-state index in [-0.39, 0.29) is 0 Å². The van der Waals surface area contributed by atoms with Crippen LogP contribution in [-0.4, -0.2) is 12.4 Å². The molecule has 0 unspecified atom stereocenters. The van der Waals surface area contributed by atoms with Gasteiger partial charge in [0.25, 0.3) is 0 Å². The molecule has 3 nitrogen and oxygen atoms in total. The van der Waals surface area contributed by atoms with Crippen molar-refractivity contribution in [1.29, 1.82) is 0 Å². The van der Waals surface area contributed by atoms with Crippen LogP contribution < -0.4 is 15.7 Å². The predicted molar refractivity (Wildman–Crippen MR) is 174 cm³/mol. The summed E-state index contributed by atoms with van der Waals surface area (Å²) in [4.78, 5) is 5.15. The third kappa shape index (κ3) is 11.6. The van der Waals surface area contributed by atoms with Gasteiger partial charge in [0.15, 0.2) is 13.9 Å². The topological polar surface area (TPSA) is 33.6 Å². The number of para-hydroxylation sites is 1. The number of benzene rings is 4. The molecule has 1 aliphatic heterocycles. The first-order valence-corrected chi connectivity index (χ1v) is 19.9. The Bertz CT molecular complexity index is 1240. The van der Waals surface area contributed by atoms with Gasteiger partial charge in [-0.05, 0) is 49.2 Å². The zero-order valence-corrected chi connectivity index (χ0v) is 27.2. The number of nitrogens with one attached hydrogen (secondary N) is 1. The molecule has 1 aliphatic rings. The molecule has 0 amide bonds. The van der Waals surface area contributed by atoms with Crippen molar-refractivity contribution >= 4 is 60.4 Å². The van der Waals surface area contributed by atoms with Crippen molar-refractivity contribution in [2.75, 3.05) is 6.61 Å². The Morgan fingerprint density at radius 1 is 0.850 bits per heavy atom. The van der Waals surface area contributed by atoms with Gasteiger partial charge in [0.2, 0.25) is 0 Å². The molecule has 0 atom stereocenters. The fourth-order valence-corrected chi connectivity index (χ4v) is 6.08. The van der Waals surface area contributed by atoms with Crippen LogP contribution in [-0.2, 0) is 22.5 Å². The van der Waals surface area contributed by atoms with Crippen LogP contribution in [0.2, 0.25) is 0 Å². The Morgan fingerprint density at radius 2 is 1.40 bits per heavy atom. The quantitative estimate of drug-likeness (QED) is 0.0976. The summed E-state index contributed by atoms with van der Waals surface area (Å²) in [7, 11) is 13.5. The summed E-state index contributed by atoms with van der Waals surface area (Å²) >= 11 is -1.62. The third-order valence-electron chi connectivity index (χ3n) is 6.00. The molecular weight excluding hydrogens is 618 g/mol. The van der Waals surface area contributed by atoms with E-state index in [1.54, 1.807) is 0 Å². The van der Waals surface area contributed by atoms with Gasteiger partial charge in [-0.25, -0.2) is 16.7 Å². The molecule has 0 bridgehead atoms. The van der Waals surface area contributed by atoms with Crippen molar-refractivity contribution in [3.63, 3.8) is 0 Å². The molecule has 0 aliphatic carbocycles. The van der Waals surface area contributed by atoms with E-state index in [1.165, 1.54) is 28.2 Å². The summed E-state index contributed by atoms with van der Waals surface area (Å²) in [6, 6.07) is 38.4. The van der Waals surface area contributed by atoms with Crippen LogP contribution in [0, 0.1) is 13.5 Å². The molecule has 4 aromatic carbocycles. The number of aliphatic imine (C=N–C) groups is 1. The maximum atomic E-state index is 5.15. The average Bonchev–Trinajstić information content (AvgIpc) is 3.57. The van der Waals surface area contributed by atoms with Gasteiger partial charge >= 0.3 is 41.5 Å². The Morgan fingerprint density at radius 3 is 1.88 bits per heavy atom. The van der Waals surface area contributed by atoms with Gasteiger partial charge in [-0.15, -0.1) is 0 Å². The first kappa shape index (κ1) is 32.7. The molecule has 210 valence electrons. The van der Waals surface area contributed by atoms with Crippen molar-refractivity contribution in [3.8, 4) is 0 Å². The van der Waals surface area contributed by atoms with E-state index in [0.29, 0.717) is 0 Å². The summed E-state index contributed by atoms with van der Waals surface area (Å²) in [5.41, 5.74) is 4.62. The molecule has 5 rings (SSSR count). The maximum absolute atomic E-state index is 5.15. The molecule has 1 saturated heterocycles. The van der Waals surface area contributed by atoms with E-state index in [1.807, 2.05) is 6.61 Å². The summed E-state index contributed by atoms with van der Waals surface area (Å²) < 4.78 is 4.82. The molecule has 1 N–H and O–H groups in total. The van der Waals surface area contributed by atoms with Crippen LogP contribution in [0.25, 0.3) is 0 Å². The van der Waals surface area contributed by atoms with E-state index in [4.69, 9.17) is 39.9 Å². The summed E-state index contributed by atoms with van der Waals surface area (Å²) in [6.07, 6.45) is 3.33. The molecule has 40 heavy (non-hydrogen) atoms. The van der Waals surface area contributed by atoms with Crippen molar-refractivity contribution in [1.82, 2.24) is 5.09 Å². The summed E-state index contributed by atoms with van der Waals surface area (Å²) in [6.45, 7) is 7.10. The predicted octanol–water partition coefficient (Wildman–Crippen LogP) is 9.03. The fourth-order valence-electron chi connectivity index (χ4n) is 3.97. The van der Waals surface area contributed by atoms with Gasteiger partial charge in [-0.1, -0.05) is 97.8 Å². The molecule has 0 spiro atoms. The summed E-state index contributed by atoms with van der Waals surface area (Å²) in [5.74, 6) is 0.919. The number of rotatable bonds is 6. The molecule has 4 aromatic rings. The number of hydrogen-bond donors (Lipinski definition) is 1. The van der Waals surface area contributed by atoms with Crippen molar-refractivity contribution in [2.24, 2.45) is 4.99 Å². The molecule has 1 fully saturated rings. The van der Waals surface area contributed by atoms with Gasteiger partial charge in [-0.2, -0.15) is 6.42 Å². The second-order valence-electron chi connectivity index (χ2n) is 8.90. The van der Waals surface area contributed by atoms with Gasteiger partial charge in [0, 0.05) is 12.2 Å². The van der Waals surface area contributed by atoms with E-state index >= 15 is 0 Å². The minimum atomic E-state index is -1.62. The number of nitrogens with zero attached hydrogens (tertiary/aromatic N) is 1. The first-order valence-electron chi connectivity index (χ1n) is 13.1. The number of aryl methyl sites for hydroxylation is 2. The monoisotopic (exact) mass is 651 g/mol. The molecule has 1 heterocycles. The van der Waals surface area contributed by atoms with Gasteiger partial charge in [0.05, 0.1) is 5.69 Å². The van der Waals surface area contributed by atoms with Crippen LogP contribution in [0.5, 0.6) is 0 Å². The van der Waals surface area contributed by atoms with Crippen LogP contribution >= 0.6 is 38.2 Å². The molecule has 0 saturated carbocycles. The second kappa shape index (κ2) is 18.5. The Balaban J connectivity index is 0.000000420. The number of halogens is 3. The molecule has 0 aromatic heterocycles. The average molecular weight is 653 g/mol. The van der Waals surface area contributed by atoms with Crippen LogP contribution in [0.4, 0.5) is 5.69 Å². The van der Waals surface area contributed by atoms with E-state index in [2.05, 4.69) is 128 Å². The first-order chi connectivity index (χ1) is 19.5. The van der Waals surface area contributed by atoms with Crippen molar-refractivity contribution in [3.05, 3.63) is 132 Å². The zero-order chi connectivity index (χ0) is 28.6. The Labute approximate surface area is 257 Å². The number of ether oxygens (including phenoxy) is 1. The van der Waals surface area contributed by atoms with Gasteiger partial charge < -0.3 is 4.74 Å². The summed E-state index contributed by atoms with van der Waals surface area (Å²) in [5, 5.41) is 6.49. The van der Waals surface area contributed by atoms with E-state index in [0.717, 1.165) is 36.5 Å².